The van der Waals surface area contributed by atoms with E-state index in [1.54, 1.807) is 6.08 Å². The standard InChI is InChI=1S/C19H36O2/c1-4-7-9-11-12-14-16-18(15-13-10-8-5-2)17-19(20)21-6-3/h17H,4-16H2,1-3H3. The molecule has 0 heterocycles. The lowest BCUT2D eigenvalue weighted by molar-refractivity contribution is -0.137. The molecule has 0 aliphatic heterocycles. The van der Waals surface area contributed by atoms with Crippen LogP contribution in [0.4, 0.5) is 0 Å². The van der Waals surface area contributed by atoms with Crippen LogP contribution in [0.5, 0.6) is 0 Å². The second-order valence-electron chi connectivity index (χ2n) is 5.88. The SMILES string of the molecule is CCCCCCCCC(=CC(=O)OCC)CCCCCC. The van der Waals surface area contributed by atoms with Crippen molar-refractivity contribution in [1.29, 1.82) is 0 Å². The van der Waals surface area contributed by atoms with Crippen molar-refractivity contribution < 1.29 is 9.53 Å². The van der Waals surface area contributed by atoms with Crippen molar-refractivity contribution in [2.75, 3.05) is 6.61 Å². The van der Waals surface area contributed by atoms with E-state index in [4.69, 9.17) is 4.74 Å². The number of carbonyl (C=O) groups is 1. The Morgan fingerprint density at radius 1 is 0.762 bits per heavy atom. The number of rotatable bonds is 14. The summed E-state index contributed by atoms with van der Waals surface area (Å²) in [5.41, 5.74) is 1.29. The highest BCUT2D eigenvalue weighted by Crippen LogP contribution is 2.18. The molecule has 0 radical (unpaired) electrons. The summed E-state index contributed by atoms with van der Waals surface area (Å²) in [7, 11) is 0. The fourth-order valence-electron chi connectivity index (χ4n) is 2.53. The van der Waals surface area contributed by atoms with Crippen LogP contribution < -0.4 is 0 Å². The molecule has 0 rings (SSSR count). The lowest BCUT2D eigenvalue weighted by Gasteiger charge is -2.08. The van der Waals surface area contributed by atoms with E-state index in [1.165, 1.54) is 69.8 Å². The molecule has 21 heavy (non-hydrogen) atoms. The molecule has 0 aromatic heterocycles. The maximum atomic E-state index is 11.6. The Hall–Kier alpha value is -0.790. The normalized spacial score (nSPS) is 11.7. The van der Waals surface area contributed by atoms with Gasteiger partial charge in [-0.15, -0.1) is 0 Å². The van der Waals surface area contributed by atoms with Gasteiger partial charge in [0.25, 0.3) is 0 Å². The van der Waals surface area contributed by atoms with Gasteiger partial charge in [-0.1, -0.05) is 70.8 Å². The van der Waals surface area contributed by atoms with Gasteiger partial charge in [0, 0.05) is 6.08 Å². The highest BCUT2D eigenvalue weighted by atomic mass is 16.5. The summed E-state index contributed by atoms with van der Waals surface area (Å²) in [4.78, 5) is 11.6. The average Bonchev–Trinajstić information content (AvgIpc) is 2.47. The number of allylic oxidation sites excluding steroid dienone is 1. The van der Waals surface area contributed by atoms with Crippen LogP contribution in [0.2, 0.25) is 0 Å². The topological polar surface area (TPSA) is 26.3 Å². The van der Waals surface area contributed by atoms with Crippen LogP contribution in [0, 0.1) is 0 Å². The van der Waals surface area contributed by atoms with Crippen LogP contribution in [-0.2, 0) is 9.53 Å². The molecule has 0 bridgehead atoms. The van der Waals surface area contributed by atoms with Gasteiger partial charge >= 0.3 is 5.97 Å². The van der Waals surface area contributed by atoms with Gasteiger partial charge < -0.3 is 4.74 Å². The van der Waals surface area contributed by atoms with E-state index in [0.717, 1.165) is 12.8 Å². The van der Waals surface area contributed by atoms with Crippen molar-refractivity contribution in [3.63, 3.8) is 0 Å². The molecule has 0 aliphatic rings. The third-order valence-corrected chi connectivity index (χ3v) is 3.81. The van der Waals surface area contributed by atoms with E-state index in [1.807, 2.05) is 6.92 Å². The van der Waals surface area contributed by atoms with Crippen molar-refractivity contribution in [2.24, 2.45) is 0 Å². The summed E-state index contributed by atoms with van der Waals surface area (Å²) in [5.74, 6) is -0.158. The van der Waals surface area contributed by atoms with E-state index in [9.17, 15) is 4.79 Å². The van der Waals surface area contributed by atoms with Crippen LogP contribution >= 0.6 is 0 Å². The van der Waals surface area contributed by atoms with E-state index in [0.29, 0.717) is 6.61 Å². The second kappa shape index (κ2) is 15.6. The van der Waals surface area contributed by atoms with E-state index >= 15 is 0 Å². The first-order chi connectivity index (χ1) is 10.2. The third kappa shape index (κ3) is 13.9. The summed E-state index contributed by atoms with van der Waals surface area (Å²) < 4.78 is 5.04. The van der Waals surface area contributed by atoms with Crippen LogP contribution in [-0.4, -0.2) is 12.6 Å². The minimum atomic E-state index is -0.158. The predicted molar refractivity (Wildman–Crippen MR) is 91.5 cm³/mol. The molecule has 0 saturated heterocycles. The van der Waals surface area contributed by atoms with E-state index in [2.05, 4.69) is 13.8 Å². The molecule has 0 unspecified atom stereocenters. The van der Waals surface area contributed by atoms with Crippen molar-refractivity contribution in [2.45, 2.75) is 97.8 Å². The fraction of sp³-hybridized carbons (Fsp3) is 0.842. The van der Waals surface area contributed by atoms with Crippen LogP contribution in [0.15, 0.2) is 11.6 Å². The van der Waals surface area contributed by atoms with Crippen molar-refractivity contribution >= 4 is 5.97 Å². The molecule has 0 amide bonds. The first-order valence-electron chi connectivity index (χ1n) is 9.10. The number of unbranched alkanes of at least 4 members (excludes halogenated alkanes) is 8. The Bertz CT molecular complexity index is 269. The lowest BCUT2D eigenvalue weighted by atomic mass is 9.99. The summed E-state index contributed by atoms with van der Waals surface area (Å²) in [6, 6.07) is 0. The molecule has 124 valence electrons. The molecular weight excluding hydrogens is 260 g/mol. The number of carbonyl (C=O) groups excluding carboxylic acids is 1. The van der Waals surface area contributed by atoms with Gasteiger partial charge in [-0.25, -0.2) is 4.79 Å². The molecule has 2 heteroatoms. The molecule has 0 fully saturated rings. The Balaban J connectivity index is 4.03. The Morgan fingerprint density at radius 2 is 1.24 bits per heavy atom. The first kappa shape index (κ1) is 20.2. The largest absolute Gasteiger partial charge is 0.463 e. The summed E-state index contributed by atoms with van der Waals surface area (Å²) in [5, 5.41) is 0. The first-order valence-corrected chi connectivity index (χ1v) is 9.10. The molecular formula is C19H36O2. The lowest BCUT2D eigenvalue weighted by Crippen LogP contribution is -2.01. The van der Waals surface area contributed by atoms with Crippen molar-refractivity contribution in [3.05, 3.63) is 11.6 Å². The smallest absolute Gasteiger partial charge is 0.330 e. The number of hydrogen-bond donors (Lipinski definition) is 0. The van der Waals surface area contributed by atoms with Gasteiger partial charge in [-0.3, -0.25) is 0 Å². The van der Waals surface area contributed by atoms with Gasteiger partial charge in [0.1, 0.15) is 0 Å². The molecule has 0 aromatic rings. The van der Waals surface area contributed by atoms with E-state index in [-0.39, 0.29) is 5.97 Å². The summed E-state index contributed by atoms with van der Waals surface area (Å²) in [6.07, 6.45) is 16.7. The minimum Gasteiger partial charge on any atom is -0.463 e. The molecule has 0 saturated carbocycles. The fourth-order valence-corrected chi connectivity index (χ4v) is 2.53. The Morgan fingerprint density at radius 3 is 1.76 bits per heavy atom. The number of hydrogen-bond acceptors (Lipinski definition) is 2. The number of ether oxygens (including phenoxy) is 1. The zero-order valence-corrected chi connectivity index (χ0v) is 14.6. The van der Waals surface area contributed by atoms with Gasteiger partial charge in [0.15, 0.2) is 0 Å². The molecule has 0 aliphatic carbocycles. The maximum absolute atomic E-state index is 11.6. The average molecular weight is 296 g/mol. The van der Waals surface area contributed by atoms with Crippen molar-refractivity contribution in [1.82, 2.24) is 0 Å². The van der Waals surface area contributed by atoms with Crippen LogP contribution in [0.3, 0.4) is 0 Å². The quantitative estimate of drug-likeness (QED) is 0.217. The summed E-state index contributed by atoms with van der Waals surface area (Å²) in [6.45, 7) is 6.80. The zero-order chi connectivity index (χ0) is 15.8. The van der Waals surface area contributed by atoms with Crippen molar-refractivity contribution in [3.8, 4) is 0 Å². The van der Waals surface area contributed by atoms with Crippen LogP contribution in [0.25, 0.3) is 0 Å². The monoisotopic (exact) mass is 296 g/mol. The third-order valence-electron chi connectivity index (χ3n) is 3.81. The number of esters is 1. The predicted octanol–water partition coefficient (Wildman–Crippen LogP) is 6.20. The molecule has 0 spiro atoms. The Kier molecular flexibility index (Phi) is 15.0. The Labute approximate surface area is 132 Å². The van der Waals surface area contributed by atoms with Crippen LogP contribution in [0.1, 0.15) is 97.8 Å². The van der Waals surface area contributed by atoms with Gasteiger partial charge in [0.2, 0.25) is 0 Å². The molecule has 2 nitrogen and oxygen atoms in total. The van der Waals surface area contributed by atoms with Gasteiger partial charge in [-0.2, -0.15) is 0 Å². The van der Waals surface area contributed by atoms with E-state index < -0.39 is 0 Å². The second-order valence-corrected chi connectivity index (χ2v) is 5.88. The summed E-state index contributed by atoms with van der Waals surface area (Å²) >= 11 is 0. The molecule has 0 aromatic carbocycles. The zero-order valence-electron chi connectivity index (χ0n) is 14.6. The van der Waals surface area contributed by atoms with Gasteiger partial charge in [0.05, 0.1) is 6.61 Å². The minimum absolute atomic E-state index is 0.158. The maximum Gasteiger partial charge on any atom is 0.330 e. The molecule has 0 atom stereocenters. The highest BCUT2D eigenvalue weighted by molar-refractivity contribution is 5.82. The highest BCUT2D eigenvalue weighted by Gasteiger charge is 2.03. The molecule has 0 N–H and O–H groups in total. The van der Waals surface area contributed by atoms with Gasteiger partial charge in [-0.05, 0) is 32.6 Å².